The number of nitrogens with one attached hydrogen (secondary N) is 1. The van der Waals surface area contributed by atoms with Crippen molar-refractivity contribution >= 4 is 15.7 Å². The highest BCUT2D eigenvalue weighted by molar-refractivity contribution is 7.92. The summed E-state index contributed by atoms with van der Waals surface area (Å²) in [5.41, 5.74) is 0.413. The van der Waals surface area contributed by atoms with E-state index in [-0.39, 0.29) is 11.6 Å². The summed E-state index contributed by atoms with van der Waals surface area (Å²) in [6.07, 6.45) is 1.27. The zero-order valence-electron chi connectivity index (χ0n) is 10.6. The minimum Gasteiger partial charge on any atom is -0.332 e. The summed E-state index contributed by atoms with van der Waals surface area (Å²) in [5, 5.41) is 0.0242. The van der Waals surface area contributed by atoms with Gasteiger partial charge in [0.15, 0.2) is 5.03 Å². The third-order valence-corrected chi connectivity index (χ3v) is 4.46. The van der Waals surface area contributed by atoms with Crippen LogP contribution in [0.25, 0.3) is 0 Å². The number of halogens is 1. The molecule has 0 fully saturated rings. The maximum Gasteiger partial charge on any atom is 0.281 e. The normalized spacial score (nSPS) is 11.5. The summed E-state index contributed by atoms with van der Waals surface area (Å²) in [7, 11) is -3.70. The fourth-order valence-corrected chi connectivity index (χ4v) is 3.19. The molecule has 0 saturated heterocycles. The second kappa shape index (κ2) is 5.00. The van der Waals surface area contributed by atoms with Crippen molar-refractivity contribution < 1.29 is 12.8 Å². The Morgan fingerprint density at radius 2 is 1.95 bits per heavy atom. The number of aromatic amines is 1. The number of hydrogen-bond acceptors (Lipinski definition) is 3. The van der Waals surface area contributed by atoms with Crippen molar-refractivity contribution in [3.05, 3.63) is 42.1 Å². The van der Waals surface area contributed by atoms with E-state index >= 15 is 0 Å². The largest absolute Gasteiger partial charge is 0.332 e. The molecule has 1 N–H and O–H groups in total. The summed E-state index contributed by atoms with van der Waals surface area (Å²) in [5.74, 6) is 0.114. The molecule has 0 unspecified atom stereocenters. The molecule has 1 aromatic heterocycles. The number of benzene rings is 1. The fourth-order valence-electron chi connectivity index (χ4n) is 1.75. The molecule has 1 heterocycles. The summed E-state index contributed by atoms with van der Waals surface area (Å²) in [4.78, 5) is 6.58. The smallest absolute Gasteiger partial charge is 0.281 e. The zero-order valence-corrected chi connectivity index (χ0v) is 11.4. The standard InChI is InChI=1S/C12H14FN3O2S/c1-3-16(11-6-4-10(13)5-7-11)19(17,18)12-8-14-9(2)15-12/h4-8H,3H2,1-2H3,(H,14,15). The summed E-state index contributed by atoms with van der Waals surface area (Å²) in [6, 6.07) is 5.32. The molecule has 5 nitrogen and oxygen atoms in total. The fraction of sp³-hybridized carbons (Fsp3) is 0.250. The lowest BCUT2D eigenvalue weighted by Crippen LogP contribution is -2.31. The molecule has 2 aromatic rings. The highest BCUT2D eigenvalue weighted by Gasteiger charge is 2.25. The Hall–Kier alpha value is -1.89. The molecule has 2 rings (SSSR count). The lowest BCUT2D eigenvalue weighted by atomic mass is 10.3. The van der Waals surface area contributed by atoms with Crippen LogP contribution in [0.1, 0.15) is 12.7 Å². The number of imidazole rings is 1. The Morgan fingerprint density at radius 3 is 2.42 bits per heavy atom. The van der Waals surface area contributed by atoms with Gasteiger partial charge in [0.2, 0.25) is 0 Å². The van der Waals surface area contributed by atoms with Crippen LogP contribution in [-0.4, -0.2) is 24.9 Å². The molecule has 19 heavy (non-hydrogen) atoms. The number of anilines is 1. The molecule has 1 aromatic carbocycles. The first-order chi connectivity index (χ1) is 8.95. The Labute approximate surface area is 111 Å². The first kappa shape index (κ1) is 13.5. The second-order valence-corrected chi connectivity index (χ2v) is 5.81. The van der Waals surface area contributed by atoms with E-state index in [9.17, 15) is 12.8 Å². The van der Waals surface area contributed by atoms with Crippen molar-refractivity contribution in [3.8, 4) is 0 Å². The zero-order chi connectivity index (χ0) is 14.0. The predicted molar refractivity (Wildman–Crippen MR) is 69.9 cm³/mol. The van der Waals surface area contributed by atoms with E-state index in [1.165, 1.54) is 34.8 Å². The van der Waals surface area contributed by atoms with Gasteiger partial charge in [-0.1, -0.05) is 0 Å². The van der Waals surface area contributed by atoms with E-state index in [0.29, 0.717) is 11.5 Å². The number of sulfonamides is 1. The Kier molecular flexibility index (Phi) is 3.57. The molecule has 0 spiro atoms. The quantitative estimate of drug-likeness (QED) is 0.934. The average molecular weight is 283 g/mol. The molecule has 0 amide bonds. The summed E-state index contributed by atoms with van der Waals surface area (Å²) >= 11 is 0. The number of rotatable bonds is 4. The third-order valence-electron chi connectivity index (χ3n) is 2.65. The molecule has 0 saturated carbocycles. The van der Waals surface area contributed by atoms with Crippen molar-refractivity contribution in [2.75, 3.05) is 10.8 Å². The Bertz CT molecular complexity index is 665. The van der Waals surface area contributed by atoms with Gasteiger partial charge in [0.25, 0.3) is 10.0 Å². The third kappa shape index (κ3) is 2.60. The topological polar surface area (TPSA) is 66.1 Å². The van der Waals surface area contributed by atoms with E-state index in [2.05, 4.69) is 9.97 Å². The van der Waals surface area contributed by atoms with Crippen molar-refractivity contribution in [1.82, 2.24) is 9.97 Å². The van der Waals surface area contributed by atoms with E-state index in [1.807, 2.05) is 0 Å². The molecule has 7 heteroatoms. The van der Waals surface area contributed by atoms with Crippen LogP contribution in [0.3, 0.4) is 0 Å². The Morgan fingerprint density at radius 1 is 1.32 bits per heavy atom. The highest BCUT2D eigenvalue weighted by atomic mass is 32.2. The van der Waals surface area contributed by atoms with E-state index in [1.54, 1.807) is 13.8 Å². The number of nitrogens with zero attached hydrogens (tertiary/aromatic N) is 2. The molecule has 102 valence electrons. The SMILES string of the molecule is CCN(c1ccc(F)cc1)S(=O)(=O)c1cnc(C)[nH]1. The first-order valence-electron chi connectivity index (χ1n) is 5.75. The van der Waals surface area contributed by atoms with Gasteiger partial charge in [-0.3, -0.25) is 4.31 Å². The van der Waals surface area contributed by atoms with Crippen LogP contribution >= 0.6 is 0 Å². The summed E-state index contributed by atoms with van der Waals surface area (Å²) in [6.45, 7) is 3.63. The van der Waals surface area contributed by atoms with Crippen LogP contribution < -0.4 is 4.31 Å². The number of aromatic nitrogens is 2. The predicted octanol–water partition coefficient (Wildman–Crippen LogP) is 2.07. The van der Waals surface area contributed by atoms with Gasteiger partial charge >= 0.3 is 0 Å². The maximum absolute atomic E-state index is 12.9. The van der Waals surface area contributed by atoms with Gasteiger partial charge in [0, 0.05) is 6.54 Å². The van der Waals surface area contributed by atoms with Gasteiger partial charge in [-0.05, 0) is 38.1 Å². The summed E-state index contributed by atoms with van der Waals surface area (Å²) < 4.78 is 38.9. The molecular formula is C12H14FN3O2S. The van der Waals surface area contributed by atoms with E-state index in [0.717, 1.165) is 0 Å². The van der Waals surface area contributed by atoms with E-state index in [4.69, 9.17) is 0 Å². The number of H-pyrrole nitrogens is 1. The first-order valence-corrected chi connectivity index (χ1v) is 7.19. The molecule has 0 aliphatic rings. The Balaban J connectivity index is 2.44. The van der Waals surface area contributed by atoms with Crippen molar-refractivity contribution in [1.29, 1.82) is 0 Å². The molecule has 0 bridgehead atoms. The monoisotopic (exact) mass is 283 g/mol. The van der Waals surface area contributed by atoms with Gasteiger partial charge in [0.05, 0.1) is 11.9 Å². The minimum absolute atomic E-state index is 0.0242. The van der Waals surface area contributed by atoms with Crippen molar-refractivity contribution in [2.45, 2.75) is 18.9 Å². The number of aryl methyl sites for hydroxylation is 1. The molecule has 0 radical (unpaired) electrons. The van der Waals surface area contributed by atoms with Crippen LogP contribution in [0.15, 0.2) is 35.5 Å². The van der Waals surface area contributed by atoms with Gasteiger partial charge in [-0.25, -0.2) is 9.37 Å². The van der Waals surface area contributed by atoms with Crippen molar-refractivity contribution in [3.63, 3.8) is 0 Å². The van der Waals surface area contributed by atoms with Crippen LogP contribution in [-0.2, 0) is 10.0 Å². The average Bonchev–Trinajstić information content (AvgIpc) is 2.80. The van der Waals surface area contributed by atoms with Gasteiger partial charge in [-0.15, -0.1) is 0 Å². The molecule has 0 aliphatic carbocycles. The van der Waals surface area contributed by atoms with E-state index < -0.39 is 15.8 Å². The van der Waals surface area contributed by atoms with Crippen molar-refractivity contribution in [2.24, 2.45) is 0 Å². The lowest BCUT2D eigenvalue weighted by Gasteiger charge is -2.21. The van der Waals surface area contributed by atoms with Gasteiger partial charge in [-0.2, -0.15) is 8.42 Å². The van der Waals surface area contributed by atoms with Crippen LogP contribution in [0.5, 0.6) is 0 Å². The lowest BCUT2D eigenvalue weighted by molar-refractivity contribution is 0.588. The van der Waals surface area contributed by atoms with Crippen LogP contribution in [0.2, 0.25) is 0 Å². The van der Waals surface area contributed by atoms with Gasteiger partial charge in [0.1, 0.15) is 11.6 Å². The molecular weight excluding hydrogens is 269 g/mol. The highest BCUT2D eigenvalue weighted by Crippen LogP contribution is 2.22. The molecule has 0 atom stereocenters. The van der Waals surface area contributed by atoms with Crippen LogP contribution in [0.4, 0.5) is 10.1 Å². The number of hydrogen-bond donors (Lipinski definition) is 1. The van der Waals surface area contributed by atoms with Crippen LogP contribution in [0, 0.1) is 12.7 Å². The molecule has 0 aliphatic heterocycles. The second-order valence-electron chi connectivity index (χ2n) is 3.98. The minimum atomic E-state index is -3.70. The van der Waals surface area contributed by atoms with Gasteiger partial charge < -0.3 is 4.98 Å². The maximum atomic E-state index is 12.9.